The molecule has 0 radical (unpaired) electrons. The van der Waals surface area contributed by atoms with Crippen molar-refractivity contribution in [3.05, 3.63) is 65.2 Å². The van der Waals surface area contributed by atoms with Gasteiger partial charge >= 0.3 is 0 Å². The molecule has 0 unspecified atom stereocenters. The van der Waals surface area contributed by atoms with Crippen molar-refractivity contribution >= 4 is 15.9 Å². The summed E-state index contributed by atoms with van der Waals surface area (Å²) in [5.41, 5.74) is 2.47. The van der Waals surface area contributed by atoms with Gasteiger partial charge in [-0.25, -0.2) is 8.42 Å². The van der Waals surface area contributed by atoms with Crippen LogP contribution in [0.25, 0.3) is 0 Å². The van der Waals surface area contributed by atoms with E-state index in [0.29, 0.717) is 37.3 Å². The van der Waals surface area contributed by atoms with E-state index in [-0.39, 0.29) is 10.8 Å². The predicted octanol–water partition coefficient (Wildman–Crippen LogP) is 3.81. The maximum atomic E-state index is 13.3. The Balaban J connectivity index is 1.63. The molecule has 6 nitrogen and oxygen atoms in total. The second-order valence-electron chi connectivity index (χ2n) is 8.65. The molecule has 1 saturated heterocycles. The fourth-order valence-corrected chi connectivity index (χ4v) is 6.15. The van der Waals surface area contributed by atoms with Crippen molar-refractivity contribution in [3.8, 4) is 0 Å². The van der Waals surface area contributed by atoms with Crippen LogP contribution in [0, 0.1) is 6.92 Å². The first-order chi connectivity index (χ1) is 15.9. The number of carbonyl (C=O) groups is 1. The summed E-state index contributed by atoms with van der Waals surface area (Å²) in [6.45, 7) is 10.5. The lowest BCUT2D eigenvalue weighted by Gasteiger charge is -2.23. The Morgan fingerprint density at radius 2 is 1.70 bits per heavy atom. The average molecular weight is 472 g/mol. The number of nitrogens with zero attached hydrogens (tertiary/aromatic N) is 3. The van der Waals surface area contributed by atoms with Gasteiger partial charge in [0.2, 0.25) is 10.0 Å². The summed E-state index contributed by atoms with van der Waals surface area (Å²) in [4.78, 5) is 17.8. The van der Waals surface area contributed by atoms with E-state index in [1.54, 1.807) is 25.1 Å². The normalized spacial score (nSPS) is 15.6. The van der Waals surface area contributed by atoms with Crippen LogP contribution in [0.15, 0.2) is 53.4 Å². The van der Waals surface area contributed by atoms with E-state index < -0.39 is 10.0 Å². The Morgan fingerprint density at radius 1 is 0.970 bits per heavy atom. The van der Waals surface area contributed by atoms with Crippen LogP contribution < -0.4 is 0 Å². The molecule has 1 aliphatic rings. The Morgan fingerprint density at radius 3 is 2.39 bits per heavy atom. The van der Waals surface area contributed by atoms with Gasteiger partial charge in [-0.2, -0.15) is 4.31 Å². The summed E-state index contributed by atoms with van der Waals surface area (Å²) in [7, 11) is -3.61. The van der Waals surface area contributed by atoms with Gasteiger partial charge < -0.3 is 9.80 Å². The lowest BCUT2D eigenvalue weighted by molar-refractivity contribution is 0.0761. The van der Waals surface area contributed by atoms with Gasteiger partial charge in [0.05, 0.1) is 4.90 Å². The number of rotatable bonds is 9. The molecule has 0 spiro atoms. The van der Waals surface area contributed by atoms with Crippen molar-refractivity contribution in [1.29, 1.82) is 0 Å². The van der Waals surface area contributed by atoms with Crippen molar-refractivity contribution in [2.45, 2.75) is 44.9 Å². The molecule has 1 amide bonds. The zero-order valence-electron chi connectivity index (χ0n) is 20.2. The summed E-state index contributed by atoms with van der Waals surface area (Å²) < 4.78 is 27.6. The average Bonchev–Trinajstić information content (AvgIpc) is 3.06. The first kappa shape index (κ1) is 25.4. The maximum Gasteiger partial charge on any atom is 0.253 e. The van der Waals surface area contributed by atoms with Crippen molar-refractivity contribution < 1.29 is 13.2 Å². The Labute approximate surface area is 199 Å². The quantitative estimate of drug-likeness (QED) is 0.558. The number of carbonyl (C=O) groups excluding carboxylic acids is 1. The minimum atomic E-state index is -3.61. The summed E-state index contributed by atoms with van der Waals surface area (Å²) >= 11 is 0. The molecule has 0 atom stereocenters. The smallest absolute Gasteiger partial charge is 0.253 e. The predicted molar refractivity (Wildman–Crippen MR) is 133 cm³/mol. The Hall–Kier alpha value is -2.22. The molecule has 1 aliphatic heterocycles. The summed E-state index contributed by atoms with van der Waals surface area (Å²) in [5.74, 6) is -0.0860. The lowest BCUT2D eigenvalue weighted by atomic mass is 10.1. The van der Waals surface area contributed by atoms with Crippen LogP contribution in [0.3, 0.4) is 0 Å². The van der Waals surface area contributed by atoms with E-state index >= 15 is 0 Å². The maximum absolute atomic E-state index is 13.3. The van der Waals surface area contributed by atoms with Gasteiger partial charge in [-0.05, 0) is 62.5 Å². The van der Waals surface area contributed by atoms with Crippen LogP contribution >= 0.6 is 0 Å². The molecule has 180 valence electrons. The van der Waals surface area contributed by atoms with Crippen LogP contribution in [0.4, 0.5) is 0 Å². The summed E-state index contributed by atoms with van der Waals surface area (Å²) in [5, 5.41) is 0. The van der Waals surface area contributed by atoms with E-state index in [9.17, 15) is 13.2 Å². The molecule has 3 rings (SSSR count). The minimum absolute atomic E-state index is 0.0860. The van der Waals surface area contributed by atoms with E-state index in [2.05, 4.69) is 29.2 Å². The fourth-order valence-electron chi connectivity index (χ4n) is 4.45. The first-order valence-corrected chi connectivity index (χ1v) is 13.5. The van der Waals surface area contributed by atoms with E-state index in [0.717, 1.165) is 38.9 Å². The molecule has 0 bridgehead atoms. The highest BCUT2D eigenvalue weighted by Gasteiger charge is 2.26. The van der Waals surface area contributed by atoms with Crippen LogP contribution in [-0.4, -0.2) is 74.2 Å². The summed E-state index contributed by atoms with van der Waals surface area (Å²) in [6.07, 6.45) is 3.09. The number of hydrogen-bond acceptors (Lipinski definition) is 4. The van der Waals surface area contributed by atoms with Gasteiger partial charge in [-0.15, -0.1) is 0 Å². The minimum Gasteiger partial charge on any atom is -0.337 e. The zero-order valence-corrected chi connectivity index (χ0v) is 21.0. The van der Waals surface area contributed by atoms with Gasteiger partial charge in [0.25, 0.3) is 5.91 Å². The number of sulfonamides is 1. The second kappa shape index (κ2) is 11.8. The van der Waals surface area contributed by atoms with Crippen molar-refractivity contribution in [3.63, 3.8) is 0 Å². The molecule has 0 aliphatic carbocycles. The SMILES string of the molecule is CCN(CC)S(=O)(=O)c1cc(C(=O)N2CCCN(CCCc3ccccc3)CC2)ccc1C. The van der Waals surface area contributed by atoms with Gasteiger partial charge in [0.15, 0.2) is 0 Å². The molecule has 0 N–H and O–H groups in total. The topological polar surface area (TPSA) is 60.9 Å². The molecule has 7 heteroatoms. The number of aryl methyl sites for hydroxylation is 2. The third-order valence-electron chi connectivity index (χ3n) is 6.42. The summed E-state index contributed by atoms with van der Waals surface area (Å²) in [6, 6.07) is 15.6. The molecule has 0 saturated carbocycles. The highest BCUT2D eigenvalue weighted by Crippen LogP contribution is 2.22. The molecular formula is C26H37N3O3S. The Kier molecular flexibility index (Phi) is 9.06. The third-order valence-corrected chi connectivity index (χ3v) is 8.61. The molecule has 0 aromatic heterocycles. The monoisotopic (exact) mass is 471 g/mol. The van der Waals surface area contributed by atoms with Gasteiger partial charge in [-0.3, -0.25) is 4.79 Å². The largest absolute Gasteiger partial charge is 0.337 e. The molecule has 33 heavy (non-hydrogen) atoms. The third kappa shape index (κ3) is 6.43. The van der Waals surface area contributed by atoms with Crippen LogP contribution in [-0.2, 0) is 16.4 Å². The highest BCUT2D eigenvalue weighted by molar-refractivity contribution is 7.89. The van der Waals surface area contributed by atoms with Gasteiger partial charge in [-0.1, -0.05) is 50.2 Å². The van der Waals surface area contributed by atoms with E-state index in [4.69, 9.17) is 0 Å². The highest BCUT2D eigenvalue weighted by atomic mass is 32.2. The van der Waals surface area contributed by atoms with Crippen LogP contribution in [0.5, 0.6) is 0 Å². The second-order valence-corrected chi connectivity index (χ2v) is 10.6. The number of hydrogen-bond donors (Lipinski definition) is 0. The fraction of sp³-hybridized carbons (Fsp3) is 0.500. The molecule has 2 aromatic carbocycles. The van der Waals surface area contributed by atoms with E-state index in [1.807, 2.05) is 24.8 Å². The first-order valence-electron chi connectivity index (χ1n) is 12.0. The zero-order chi connectivity index (χ0) is 23.8. The van der Waals surface area contributed by atoms with Gasteiger partial charge in [0.1, 0.15) is 0 Å². The van der Waals surface area contributed by atoms with Gasteiger partial charge in [0, 0.05) is 38.3 Å². The lowest BCUT2D eigenvalue weighted by Crippen LogP contribution is -2.36. The Bertz CT molecular complexity index is 1020. The number of benzene rings is 2. The standard InChI is InChI=1S/C26H37N3O3S/c1-4-29(5-2)33(31,32)25-21-24(15-14-22(25)3)26(30)28-18-10-17-27(19-20-28)16-9-13-23-11-7-6-8-12-23/h6-8,11-12,14-15,21H,4-5,9-10,13,16-20H2,1-3H3. The number of amides is 1. The van der Waals surface area contributed by atoms with Crippen LogP contribution in [0.2, 0.25) is 0 Å². The molecule has 1 heterocycles. The van der Waals surface area contributed by atoms with Crippen LogP contribution in [0.1, 0.15) is 48.2 Å². The van der Waals surface area contributed by atoms with E-state index in [1.165, 1.54) is 9.87 Å². The van der Waals surface area contributed by atoms with Crippen molar-refractivity contribution in [2.24, 2.45) is 0 Å². The molecule has 1 fully saturated rings. The van der Waals surface area contributed by atoms with Crippen molar-refractivity contribution in [1.82, 2.24) is 14.1 Å². The molecular weight excluding hydrogens is 434 g/mol. The molecule has 2 aromatic rings. The van der Waals surface area contributed by atoms with Crippen molar-refractivity contribution in [2.75, 3.05) is 45.8 Å².